The number of benzene rings is 1. The van der Waals surface area contributed by atoms with Crippen molar-refractivity contribution in [3.8, 4) is 0 Å². The van der Waals surface area contributed by atoms with Gasteiger partial charge in [0.25, 0.3) is 0 Å². The summed E-state index contributed by atoms with van der Waals surface area (Å²) in [6.07, 6.45) is 0. The van der Waals surface area contributed by atoms with Gasteiger partial charge >= 0.3 is 0 Å². The summed E-state index contributed by atoms with van der Waals surface area (Å²) in [4.78, 5) is 13.3. The Hall–Kier alpha value is -1.07. The van der Waals surface area contributed by atoms with Crippen molar-refractivity contribution in [3.05, 3.63) is 28.2 Å². The Balaban J connectivity index is 3.09. The smallest absolute Gasteiger partial charge is 0.236 e. The molecule has 0 aliphatic carbocycles. The van der Waals surface area contributed by atoms with Crippen LogP contribution in [0.5, 0.6) is 0 Å². The van der Waals surface area contributed by atoms with E-state index in [1.54, 1.807) is 0 Å². The van der Waals surface area contributed by atoms with E-state index >= 15 is 0 Å². The second-order valence-electron chi connectivity index (χ2n) is 5.50. The van der Waals surface area contributed by atoms with Crippen LogP contribution in [0, 0.1) is 0 Å². The Morgan fingerprint density at radius 2 is 2.00 bits per heavy atom. The first-order chi connectivity index (χ1) is 9.31. The molecule has 1 aromatic carbocycles. The van der Waals surface area contributed by atoms with Crippen molar-refractivity contribution >= 4 is 27.5 Å². The molecule has 0 atom stereocenters. The predicted molar refractivity (Wildman–Crippen MR) is 87.8 cm³/mol. The van der Waals surface area contributed by atoms with Gasteiger partial charge in [-0.15, -0.1) is 0 Å². The van der Waals surface area contributed by atoms with Gasteiger partial charge in [0.05, 0.1) is 6.54 Å². The van der Waals surface area contributed by atoms with Crippen molar-refractivity contribution < 1.29 is 4.79 Å². The Bertz CT molecular complexity index is 460. The number of hydrogen-bond donors (Lipinski definition) is 2. The number of halogens is 1. The molecule has 3 N–H and O–H groups in total. The Kier molecular flexibility index (Phi) is 6.49. The van der Waals surface area contributed by atoms with Crippen molar-refractivity contribution in [2.75, 3.05) is 11.4 Å². The lowest BCUT2D eigenvalue weighted by molar-refractivity contribution is -0.116. The molecule has 5 heteroatoms. The van der Waals surface area contributed by atoms with Gasteiger partial charge < -0.3 is 16.0 Å². The highest BCUT2D eigenvalue weighted by molar-refractivity contribution is 9.10. The van der Waals surface area contributed by atoms with Crippen LogP contribution in [-0.2, 0) is 11.3 Å². The van der Waals surface area contributed by atoms with Gasteiger partial charge in [-0.05, 0) is 37.6 Å². The number of hydrogen-bond acceptors (Lipinski definition) is 3. The van der Waals surface area contributed by atoms with Crippen LogP contribution < -0.4 is 16.0 Å². The first-order valence-electron chi connectivity index (χ1n) is 6.88. The van der Waals surface area contributed by atoms with Crippen LogP contribution in [0.15, 0.2) is 22.7 Å². The zero-order valence-electron chi connectivity index (χ0n) is 12.6. The molecule has 0 radical (unpaired) electrons. The number of carbonyl (C=O) groups is 1. The van der Waals surface area contributed by atoms with E-state index < -0.39 is 0 Å². The van der Waals surface area contributed by atoms with Crippen LogP contribution in [0.4, 0.5) is 5.69 Å². The summed E-state index contributed by atoms with van der Waals surface area (Å²) in [6, 6.07) is 6.72. The highest BCUT2D eigenvalue weighted by Gasteiger charge is 2.16. The lowest BCUT2D eigenvalue weighted by Gasteiger charge is -2.30. The van der Waals surface area contributed by atoms with Crippen LogP contribution >= 0.6 is 15.9 Å². The van der Waals surface area contributed by atoms with Crippen LogP contribution in [0.25, 0.3) is 0 Å². The molecule has 1 aromatic rings. The monoisotopic (exact) mass is 341 g/mol. The van der Waals surface area contributed by atoms with Crippen LogP contribution in [0.1, 0.15) is 33.3 Å². The minimum absolute atomic E-state index is 0.210. The second-order valence-corrected chi connectivity index (χ2v) is 6.41. The largest absolute Gasteiger partial charge is 0.368 e. The average Bonchev–Trinajstić information content (AvgIpc) is 2.33. The van der Waals surface area contributed by atoms with E-state index in [1.807, 2.05) is 17.0 Å². The summed E-state index contributed by atoms with van der Waals surface area (Å²) in [5.74, 6) is -0.315. The van der Waals surface area contributed by atoms with E-state index in [2.05, 4.69) is 55.0 Å². The van der Waals surface area contributed by atoms with Gasteiger partial charge in [0.1, 0.15) is 0 Å². The molecule has 0 fully saturated rings. The molecule has 0 saturated carbocycles. The summed E-state index contributed by atoms with van der Waals surface area (Å²) in [7, 11) is 0. The molecule has 0 saturated heterocycles. The topological polar surface area (TPSA) is 58.4 Å². The van der Waals surface area contributed by atoms with Crippen molar-refractivity contribution in [3.63, 3.8) is 0 Å². The minimum atomic E-state index is -0.315. The standard InChI is InChI=1S/C15H24BrN3O/c1-10(2)18-8-12-7-13(16)5-6-14(12)19(11(3)4)9-15(17)20/h5-7,10-11,18H,8-9H2,1-4H3,(H2,17,20). The zero-order chi connectivity index (χ0) is 15.3. The van der Waals surface area contributed by atoms with E-state index in [0.717, 1.165) is 22.3 Å². The number of rotatable bonds is 7. The van der Waals surface area contributed by atoms with Crippen LogP contribution in [0.2, 0.25) is 0 Å². The first-order valence-corrected chi connectivity index (χ1v) is 7.67. The number of carbonyl (C=O) groups excluding carboxylic acids is 1. The van der Waals surface area contributed by atoms with Crippen molar-refractivity contribution in [1.29, 1.82) is 0 Å². The molecular formula is C15H24BrN3O. The molecular weight excluding hydrogens is 318 g/mol. The lowest BCUT2D eigenvalue weighted by Crippen LogP contribution is -2.39. The van der Waals surface area contributed by atoms with E-state index in [9.17, 15) is 4.79 Å². The molecule has 0 aromatic heterocycles. The van der Waals surface area contributed by atoms with Gasteiger partial charge in [-0.2, -0.15) is 0 Å². The molecule has 0 unspecified atom stereocenters. The fourth-order valence-corrected chi connectivity index (χ4v) is 2.41. The van der Waals surface area contributed by atoms with Gasteiger partial charge in [0.15, 0.2) is 0 Å². The second kappa shape index (κ2) is 7.64. The lowest BCUT2D eigenvalue weighted by atomic mass is 10.1. The maximum absolute atomic E-state index is 11.3. The van der Waals surface area contributed by atoms with E-state index in [4.69, 9.17) is 5.73 Å². The quantitative estimate of drug-likeness (QED) is 0.801. The third-order valence-electron chi connectivity index (χ3n) is 3.00. The fraction of sp³-hybridized carbons (Fsp3) is 0.533. The number of amides is 1. The Labute approximate surface area is 129 Å². The van der Waals surface area contributed by atoms with Gasteiger partial charge in [-0.3, -0.25) is 4.79 Å². The van der Waals surface area contributed by atoms with Crippen LogP contribution in [0.3, 0.4) is 0 Å². The molecule has 20 heavy (non-hydrogen) atoms. The summed E-state index contributed by atoms with van der Waals surface area (Å²) < 4.78 is 1.03. The van der Waals surface area contributed by atoms with Crippen LogP contribution in [-0.4, -0.2) is 24.5 Å². The highest BCUT2D eigenvalue weighted by Crippen LogP contribution is 2.26. The SMILES string of the molecule is CC(C)NCc1cc(Br)ccc1N(CC(N)=O)C(C)C. The predicted octanol–water partition coefficient (Wildman–Crippen LogP) is 2.65. The molecule has 4 nitrogen and oxygen atoms in total. The van der Waals surface area contributed by atoms with Crippen molar-refractivity contribution in [2.45, 2.75) is 46.3 Å². The summed E-state index contributed by atoms with van der Waals surface area (Å²) in [5, 5.41) is 3.41. The molecule has 1 amide bonds. The molecule has 0 aliphatic heterocycles. The number of anilines is 1. The third-order valence-corrected chi connectivity index (χ3v) is 3.49. The van der Waals surface area contributed by atoms with Gasteiger partial charge in [0.2, 0.25) is 5.91 Å². The van der Waals surface area contributed by atoms with Gasteiger partial charge in [-0.1, -0.05) is 29.8 Å². The van der Waals surface area contributed by atoms with Gasteiger partial charge in [-0.25, -0.2) is 0 Å². The average molecular weight is 342 g/mol. The summed E-state index contributed by atoms with van der Waals surface area (Å²) in [5.41, 5.74) is 7.57. The number of primary amides is 1. The maximum atomic E-state index is 11.3. The summed E-state index contributed by atoms with van der Waals surface area (Å²) in [6.45, 7) is 9.33. The van der Waals surface area contributed by atoms with Crippen molar-refractivity contribution in [2.24, 2.45) is 5.73 Å². The molecule has 0 bridgehead atoms. The zero-order valence-corrected chi connectivity index (χ0v) is 14.2. The molecule has 0 heterocycles. The third kappa shape index (κ3) is 5.13. The first kappa shape index (κ1) is 17.0. The normalized spacial score (nSPS) is 11.2. The molecule has 112 valence electrons. The Morgan fingerprint density at radius 3 is 2.50 bits per heavy atom. The maximum Gasteiger partial charge on any atom is 0.236 e. The highest BCUT2D eigenvalue weighted by atomic mass is 79.9. The number of nitrogens with one attached hydrogen (secondary N) is 1. The molecule has 0 aliphatic rings. The van der Waals surface area contributed by atoms with Crippen molar-refractivity contribution in [1.82, 2.24) is 5.32 Å². The number of nitrogens with two attached hydrogens (primary N) is 1. The molecule has 0 spiro atoms. The summed E-state index contributed by atoms with van der Waals surface area (Å²) >= 11 is 3.50. The van der Waals surface area contributed by atoms with Gasteiger partial charge in [0, 0.05) is 28.8 Å². The van der Waals surface area contributed by atoms with E-state index in [-0.39, 0.29) is 18.5 Å². The Morgan fingerprint density at radius 1 is 1.35 bits per heavy atom. The number of nitrogens with zero attached hydrogens (tertiary/aromatic N) is 1. The van der Waals surface area contributed by atoms with E-state index in [0.29, 0.717) is 6.04 Å². The fourth-order valence-electron chi connectivity index (χ4n) is 2.00. The molecule has 1 rings (SSSR count). The minimum Gasteiger partial charge on any atom is -0.368 e. The van der Waals surface area contributed by atoms with E-state index in [1.165, 1.54) is 0 Å².